The minimum atomic E-state index is 0.646. The second-order valence-electron chi connectivity index (χ2n) is 3.40. The molecule has 0 aliphatic heterocycles. The van der Waals surface area contributed by atoms with E-state index in [-0.39, 0.29) is 0 Å². The average molecular weight is 187 g/mol. The van der Waals surface area contributed by atoms with Gasteiger partial charge in [-0.05, 0) is 12.3 Å². The van der Waals surface area contributed by atoms with Gasteiger partial charge in [0.1, 0.15) is 5.84 Å². The van der Waals surface area contributed by atoms with Crippen molar-refractivity contribution in [3.05, 3.63) is 0 Å². The van der Waals surface area contributed by atoms with Crippen molar-refractivity contribution in [3.63, 3.8) is 0 Å². The molecule has 0 bridgehead atoms. The first-order chi connectivity index (χ1) is 6.20. The maximum absolute atomic E-state index is 5.32. The van der Waals surface area contributed by atoms with Gasteiger partial charge in [0.25, 0.3) is 0 Å². The third kappa shape index (κ3) is 7.74. The molecule has 0 heterocycles. The summed E-state index contributed by atoms with van der Waals surface area (Å²) in [5, 5.41) is 0. The van der Waals surface area contributed by atoms with Gasteiger partial charge in [0, 0.05) is 13.5 Å². The van der Waals surface area contributed by atoms with Gasteiger partial charge in [-0.2, -0.15) is 0 Å². The fourth-order valence-electron chi connectivity index (χ4n) is 0.894. The monoisotopic (exact) mass is 187 g/mol. The van der Waals surface area contributed by atoms with Crippen molar-refractivity contribution in [3.8, 4) is 0 Å². The summed E-state index contributed by atoms with van der Waals surface area (Å²) in [6.45, 7) is 5.69. The van der Waals surface area contributed by atoms with Crippen LogP contribution < -0.4 is 11.3 Å². The molecule has 0 fully saturated rings. The number of ether oxygens (including phenoxy) is 1. The second-order valence-corrected chi connectivity index (χ2v) is 3.40. The van der Waals surface area contributed by atoms with Gasteiger partial charge in [-0.25, -0.2) is 5.84 Å². The molecule has 0 saturated heterocycles. The lowest BCUT2D eigenvalue weighted by Gasteiger charge is -2.07. The number of nitrogens with zero attached hydrogens (tertiary/aromatic N) is 1. The Kier molecular flexibility index (Phi) is 7.63. The Labute approximate surface area is 80.5 Å². The smallest absolute Gasteiger partial charge is 0.110 e. The number of aliphatic imine (C=N–C) groups is 1. The molecular formula is C9H21N3O. The Morgan fingerprint density at radius 3 is 2.69 bits per heavy atom. The van der Waals surface area contributed by atoms with E-state index in [1.54, 1.807) is 7.11 Å². The van der Waals surface area contributed by atoms with Crippen LogP contribution in [-0.4, -0.2) is 26.1 Å². The van der Waals surface area contributed by atoms with Crippen LogP contribution in [0.25, 0.3) is 0 Å². The van der Waals surface area contributed by atoms with Crippen LogP contribution in [0.5, 0.6) is 0 Å². The van der Waals surface area contributed by atoms with Crippen LogP contribution in [0.4, 0.5) is 0 Å². The van der Waals surface area contributed by atoms with Gasteiger partial charge >= 0.3 is 0 Å². The van der Waals surface area contributed by atoms with Gasteiger partial charge in [-0.15, -0.1) is 0 Å². The molecule has 0 unspecified atom stereocenters. The van der Waals surface area contributed by atoms with E-state index in [0.29, 0.717) is 19.1 Å². The van der Waals surface area contributed by atoms with Crippen LogP contribution in [0, 0.1) is 5.92 Å². The number of nitrogens with one attached hydrogen (secondary N) is 1. The quantitative estimate of drug-likeness (QED) is 0.214. The van der Waals surface area contributed by atoms with Crippen molar-refractivity contribution >= 4 is 5.84 Å². The van der Waals surface area contributed by atoms with E-state index in [2.05, 4.69) is 24.3 Å². The van der Waals surface area contributed by atoms with E-state index < -0.39 is 0 Å². The summed E-state index contributed by atoms with van der Waals surface area (Å²) in [4.78, 5) is 4.26. The fraction of sp³-hybridized carbons (Fsp3) is 0.889. The molecule has 0 aromatic heterocycles. The molecule has 0 amide bonds. The fourth-order valence-corrected chi connectivity index (χ4v) is 0.894. The maximum Gasteiger partial charge on any atom is 0.110 e. The zero-order chi connectivity index (χ0) is 10.1. The molecule has 0 aromatic carbocycles. The number of hydrogen-bond acceptors (Lipinski definition) is 3. The Hall–Kier alpha value is -0.610. The highest BCUT2D eigenvalue weighted by Crippen LogP contribution is 2.03. The number of rotatable bonds is 6. The highest BCUT2D eigenvalue weighted by Gasteiger charge is 1.98. The van der Waals surface area contributed by atoms with Crippen LogP contribution >= 0.6 is 0 Å². The van der Waals surface area contributed by atoms with Crippen LogP contribution in [-0.2, 0) is 4.74 Å². The molecule has 4 nitrogen and oxygen atoms in total. The Morgan fingerprint density at radius 2 is 2.23 bits per heavy atom. The van der Waals surface area contributed by atoms with Crippen LogP contribution in [0.3, 0.4) is 0 Å². The molecule has 0 spiro atoms. The Morgan fingerprint density at radius 1 is 1.54 bits per heavy atom. The van der Waals surface area contributed by atoms with E-state index in [4.69, 9.17) is 10.6 Å². The first-order valence-corrected chi connectivity index (χ1v) is 4.69. The number of amidine groups is 1. The summed E-state index contributed by atoms with van der Waals surface area (Å²) in [5.41, 5.74) is 2.61. The standard InChI is InChI=1S/C9H21N3O/c1-8(2)4-5-9(12-10)11-6-7-13-3/h8H,4-7,10H2,1-3H3,(H,11,12). The van der Waals surface area contributed by atoms with Gasteiger partial charge in [0.2, 0.25) is 0 Å². The highest BCUT2D eigenvalue weighted by atomic mass is 16.5. The van der Waals surface area contributed by atoms with E-state index in [1.165, 1.54) is 0 Å². The first-order valence-electron chi connectivity index (χ1n) is 4.69. The summed E-state index contributed by atoms with van der Waals surface area (Å²) in [6, 6.07) is 0. The highest BCUT2D eigenvalue weighted by molar-refractivity contribution is 5.81. The molecule has 78 valence electrons. The minimum absolute atomic E-state index is 0.646. The Bertz CT molecular complexity index is 146. The van der Waals surface area contributed by atoms with Gasteiger partial charge in [0.15, 0.2) is 0 Å². The van der Waals surface area contributed by atoms with Crippen LogP contribution in [0.2, 0.25) is 0 Å². The van der Waals surface area contributed by atoms with Crippen molar-refractivity contribution in [2.75, 3.05) is 20.3 Å². The lowest BCUT2D eigenvalue weighted by molar-refractivity contribution is 0.208. The van der Waals surface area contributed by atoms with Crippen molar-refractivity contribution < 1.29 is 4.74 Å². The maximum atomic E-state index is 5.32. The minimum Gasteiger partial charge on any atom is -0.383 e. The lowest BCUT2D eigenvalue weighted by Crippen LogP contribution is -2.31. The molecule has 0 aliphatic rings. The molecule has 0 saturated carbocycles. The molecule has 4 heteroatoms. The van der Waals surface area contributed by atoms with Crippen molar-refractivity contribution in [1.29, 1.82) is 0 Å². The van der Waals surface area contributed by atoms with Gasteiger partial charge < -0.3 is 10.2 Å². The molecule has 0 aromatic rings. The van der Waals surface area contributed by atoms with Crippen LogP contribution in [0.1, 0.15) is 26.7 Å². The normalized spacial score (nSPS) is 12.2. The van der Waals surface area contributed by atoms with E-state index in [1.807, 2.05) is 0 Å². The average Bonchev–Trinajstić information content (AvgIpc) is 2.10. The zero-order valence-corrected chi connectivity index (χ0v) is 8.84. The number of nitrogens with two attached hydrogens (primary N) is 1. The van der Waals surface area contributed by atoms with Gasteiger partial charge in [0.05, 0.1) is 13.2 Å². The number of methoxy groups -OCH3 is 1. The molecular weight excluding hydrogens is 166 g/mol. The molecule has 0 rings (SSSR count). The van der Waals surface area contributed by atoms with Crippen molar-refractivity contribution in [2.24, 2.45) is 16.8 Å². The molecule has 0 radical (unpaired) electrons. The van der Waals surface area contributed by atoms with Crippen molar-refractivity contribution in [1.82, 2.24) is 5.43 Å². The summed E-state index contributed by atoms with van der Waals surface area (Å²) in [7, 11) is 1.67. The van der Waals surface area contributed by atoms with Gasteiger partial charge in [-0.1, -0.05) is 13.8 Å². The summed E-state index contributed by atoms with van der Waals surface area (Å²) < 4.78 is 4.89. The predicted molar refractivity (Wildman–Crippen MR) is 55.6 cm³/mol. The van der Waals surface area contributed by atoms with E-state index in [0.717, 1.165) is 18.7 Å². The van der Waals surface area contributed by atoms with E-state index >= 15 is 0 Å². The van der Waals surface area contributed by atoms with E-state index in [9.17, 15) is 0 Å². The Balaban J connectivity index is 3.66. The molecule has 3 N–H and O–H groups in total. The zero-order valence-electron chi connectivity index (χ0n) is 8.84. The molecule has 0 atom stereocenters. The summed E-state index contributed by atoms with van der Waals surface area (Å²) in [6.07, 6.45) is 2.02. The predicted octanol–water partition coefficient (Wildman–Crippen LogP) is 0.931. The summed E-state index contributed by atoms with van der Waals surface area (Å²) in [5.74, 6) is 6.87. The number of hydrogen-bond donors (Lipinski definition) is 2. The first kappa shape index (κ1) is 12.4. The third-order valence-corrected chi connectivity index (χ3v) is 1.72. The van der Waals surface area contributed by atoms with Gasteiger partial charge in [-0.3, -0.25) is 4.99 Å². The van der Waals surface area contributed by atoms with Crippen LogP contribution in [0.15, 0.2) is 4.99 Å². The third-order valence-electron chi connectivity index (χ3n) is 1.72. The SMILES string of the molecule is COCCN=C(CCC(C)C)NN. The summed E-state index contributed by atoms with van der Waals surface area (Å²) >= 11 is 0. The second kappa shape index (κ2) is 8.01. The molecule has 0 aliphatic carbocycles. The molecule has 13 heavy (non-hydrogen) atoms. The number of hydrazine groups is 1. The van der Waals surface area contributed by atoms with Crippen molar-refractivity contribution in [2.45, 2.75) is 26.7 Å². The topological polar surface area (TPSA) is 59.6 Å². The largest absolute Gasteiger partial charge is 0.383 e. The lowest BCUT2D eigenvalue weighted by atomic mass is 10.1.